The van der Waals surface area contributed by atoms with Crippen molar-refractivity contribution in [3.05, 3.63) is 59.9 Å². The van der Waals surface area contributed by atoms with Crippen LogP contribution in [0.2, 0.25) is 0 Å². The zero-order valence-electron chi connectivity index (χ0n) is 11.5. The van der Waals surface area contributed by atoms with Gasteiger partial charge in [0.15, 0.2) is 0 Å². The van der Waals surface area contributed by atoms with Crippen LogP contribution in [0.5, 0.6) is 5.75 Å². The number of aromatic nitrogens is 1. The van der Waals surface area contributed by atoms with Crippen molar-refractivity contribution < 1.29 is 14.3 Å². The van der Waals surface area contributed by atoms with Crippen LogP contribution in [0, 0.1) is 0 Å². The Bertz CT molecular complexity index is 575. The van der Waals surface area contributed by atoms with E-state index in [2.05, 4.69) is 4.98 Å². The van der Waals surface area contributed by atoms with E-state index in [4.69, 9.17) is 15.3 Å². The normalized spacial score (nSPS) is 10.1. The summed E-state index contributed by atoms with van der Waals surface area (Å²) >= 11 is 0. The fourth-order valence-corrected chi connectivity index (χ4v) is 1.67. The number of para-hydroxylation sites is 1. The molecule has 1 heterocycles. The van der Waals surface area contributed by atoms with E-state index in [1.807, 2.05) is 35.8 Å². The number of hydrogen-bond acceptors (Lipinski definition) is 5. The third kappa shape index (κ3) is 4.87. The molecule has 0 aliphatic heterocycles. The van der Waals surface area contributed by atoms with Crippen molar-refractivity contribution in [3.63, 3.8) is 0 Å². The van der Waals surface area contributed by atoms with Crippen molar-refractivity contribution in [2.75, 3.05) is 13.2 Å². The third-order valence-corrected chi connectivity index (χ3v) is 2.66. The first-order chi connectivity index (χ1) is 10.3. The lowest BCUT2D eigenvalue weighted by molar-refractivity contribution is 0.0863. The van der Waals surface area contributed by atoms with Crippen LogP contribution in [0.4, 0.5) is 0 Å². The lowest BCUT2D eigenvalue weighted by atomic mass is 10.3. The number of pyridine rings is 1. The predicted molar refractivity (Wildman–Crippen MR) is 77.5 cm³/mol. The van der Waals surface area contributed by atoms with Gasteiger partial charge in [0.25, 0.3) is 5.91 Å². The maximum Gasteiger partial charge on any atom is 0.283 e. The van der Waals surface area contributed by atoms with Gasteiger partial charge in [-0.1, -0.05) is 24.3 Å². The Morgan fingerprint density at radius 1 is 1.10 bits per heavy atom. The van der Waals surface area contributed by atoms with E-state index in [0.29, 0.717) is 25.5 Å². The highest BCUT2D eigenvalue weighted by Crippen LogP contribution is 2.08. The summed E-state index contributed by atoms with van der Waals surface area (Å²) in [6.45, 7) is 1.20. The highest BCUT2D eigenvalue weighted by atomic mass is 16.5. The molecule has 6 heteroatoms. The molecule has 0 atom stereocenters. The maximum absolute atomic E-state index is 11.3. The summed E-state index contributed by atoms with van der Waals surface area (Å²) in [6, 6.07) is 14.6. The molecule has 1 amide bonds. The first-order valence-corrected chi connectivity index (χ1v) is 6.52. The molecule has 0 aliphatic carbocycles. The van der Waals surface area contributed by atoms with Crippen molar-refractivity contribution in [2.45, 2.75) is 6.61 Å². The van der Waals surface area contributed by atoms with Crippen LogP contribution in [-0.2, 0) is 11.3 Å². The lowest BCUT2D eigenvalue weighted by Gasteiger charge is -2.07. The maximum atomic E-state index is 11.3. The molecule has 0 spiro atoms. The summed E-state index contributed by atoms with van der Waals surface area (Å²) in [5, 5.41) is 0. The number of hydrogen-bond donors (Lipinski definition) is 2. The molecule has 0 aliphatic rings. The van der Waals surface area contributed by atoms with Crippen molar-refractivity contribution in [3.8, 4) is 5.75 Å². The number of amides is 1. The molecule has 0 unspecified atom stereocenters. The van der Waals surface area contributed by atoms with Gasteiger partial charge >= 0.3 is 0 Å². The van der Waals surface area contributed by atoms with Crippen LogP contribution in [0.3, 0.4) is 0 Å². The number of nitrogens with zero attached hydrogens (tertiary/aromatic N) is 1. The summed E-state index contributed by atoms with van der Waals surface area (Å²) in [5.41, 5.74) is 2.97. The van der Waals surface area contributed by atoms with Crippen LogP contribution in [0.1, 0.15) is 16.2 Å². The molecule has 21 heavy (non-hydrogen) atoms. The van der Waals surface area contributed by atoms with Crippen molar-refractivity contribution >= 4 is 5.91 Å². The molecular formula is C15H17N3O3. The van der Waals surface area contributed by atoms with Gasteiger partial charge in [-0.3, -0.25) is 10.2 Å². The van der Waals surface area contributed by atoms with Gasteiger partial charge in [0.05, 0.1) is 18.9 Å². The molecule has 2 aromatic rings. The minimum atomic E-state index is -0.427. The molecule has 0 fully saturated rings. The number of hydrazine groups is 1. The number of ether oxygens (including phenoxy) is 2. The van der Waals surface area contributed by atoms with E-state index in [1.165, 1.54) is 0 Å². The number of rotatable bonds is 7. The van der Waals surface area contributed by atoms with E-state index in [0.717, 1.165) is 5.75 Å². The quantitative estimate of drug-likeness (QED) is 0.347. The summed E-state index contributed by atoms with van der Waals surface area (Å²) in [4.78, 5) is 15.5. The Kier molecular flexibility index (Phi) is 5.69. The lowest BCUT2D eigenvalue weighted by Crippen LogP contribution is -2.30. The molecule has 2 rings (SSSR count). The molecule has 0 radical (unpaired) electrons. The molecule has 3 N–H and O–H groups in total. The summed E-state index contributed by atoms with van der Waals surface area (Å²) in [6.07, 6.45) is 0. The van der Waals surface area contributed by atoms with Gasteiger partial charge in [-0.15, -0.1) is 0 Å². The Hall–Kier alpha value is -2.44. The van der Waals surface area contributed by atoms with Crippen LogP contribution < -0.4 is 16.0 Å². The Morgan fingerprint density at radius 2 is 1.90 bits per heavy atom. The van der Waals surface area contributed by atoms with Gasteiger partial charge in [0, 0.05) is 0 Å². The first-order valence-electron chi connectivity index (χ1n) is 6.52. The molecule has 1 aromatic carbocycles. The monoisotopic (exact) mass is 287 g/mol. The predicted octanol–water partition coefficient (Wildman–Crippen LogP) is 1.28. The third-order valence-electron chi connectivity index (χ3n) is 2.66. The SMILES string of the molecule is NNC(=O)c1cccc(COCCOc2ccccc2)n1. The zero-order chi connectivity index (χ0) is 14.9. The number of carbonyl (C=O) groups is 1. The summed E-state index contributed by atoms with van der Waals surface area (Å²) < 4.78 is 11.0. The van der Waals surface area contributed by atoms with Gasteiger partial charge < -0.3 is 9.47 Å². The summed E-state index contributed by atoms with van der Waals surface area (Å²) in [5.74, 6) is 5.44. The highest BCUT2D eigenvalue weighted by molar-refractivity contribution is 5.91. The zero-order valence-corrected chi connectivity index (χ0v) is 11.5. The van der Waals surface area contributed by atoms with Gasteiger partial charge in [0.2, 0.25) is 0 Å². The van der Waals surface area contributed by atoms with Crippen molar-refractivity contribution in [1.82, 2.24) is 10.4 Å². The molecule has 1 aromatic heterocycles. The summed E-state index contributed by atoms with van der Waals surface area (Å²) in [7, 11) is 0. The smallest absolute Gasteiger partial charge is 0.283 e. The number of carbonyl (C=O) groups excluding carboxylic acids is 1. The average Bonchev–Trinajstić information content (AvgIpc) is 2.55. The molecule has 6 nitrogen and oxygen atoms in total. The number of nitrogens with two attached hydrogens (primary N) is 1. The fraction of sp³-hybridized carbons (Fsp3) is 0.200. The van der Waals surface area contributed by atoms with Crippen LogP contribution in [0.25, 0.3) is 0 Å². The van der Waals surface area contributed by atoms with Gasteiger partial charge in [-0.25, -0.2) is 10.8 Å². The van der Waals surface area contributed by atoms with Gasteiger partial charge in [-0.05, 0) is 24.3 Å². The van der Waals surface area contributed by atoms with E-state index in [-0.39, 0.29) is 5.69 Å². The highest BCUT2D eigenvalue weighted by Gasteiger charge is 2.05. The second-order valence-electron chi connectivity index (χ2n) is 4.20. The largest absolute Gasteiger partial charge is 0.491 e. The van der Waals surface area contributed by atoms with Gasteiger partial charge in [-0.2, -0.15) is 0 Å². The molecule has 0 saturated heterocycles. The molecule has 110 valence electrons. The van der Waals surface area contributed by atoms with E-state index in [9.17, 15) is 4.79 Å². The molecular weight excluding hydrogens is 270 g/mol. The number of benzene rings is 1. The Labute approximate surface area is 122 Å². The standard InChI is InChI=1S/C15H17N3O3/c16-18-15(19)14-8-4-5-12(17-14)11-20-9-10-21-13-6-2-1-3-7-13/h1-8H,9-11,16H2,(H,18,19). The van der Waals surface area contributed by atoms with Crippen molar-refractivity contribution in [2.24, 2.45) is 5.84 Å². The van der Waals surface area contributed by atoms with Crippen LogP contribution >= 0.6 is 0 Å². The average molecular weight is 287 g/mol. The van der Waals surface area contributed by atoms with Crippen LogP contribution in [0.15, 0.2) is 48.5 Å². The van der Waals surface area contributed by atoms with Crippen molar-refractivity contribution in [1.29, 1.82) is 0 Å². The minimum Gasteiger partial charge on any atom is -0.491 e. The molecule has 0 bridgehead atoms. The fourth-order valence-electron chi connectivity index (χ4n) is 1.67. The minimum absolute atomic E-state index is 0.263. The van der Waals surface area contributed by atoms with Gasteiger partial charge in [0.1, 0.15) is 18.1 Å². The second kappa shape index (κ2) is 7.98. The molecule has 0 saturated carbocycles. The van der Waals surface area contributed by atoms with E-state index >= 15 is 0 Å². The number of nitrogens with one attached hydrogen (secondary N) is 1. The van der Waals surface area contributed by atoms with E-state index in [1.54, 1.807) is 18.2 Å². The second-order valence-corrected chi connectivity index (χ2v) is 4.20. The Balaban J connectivity index is 1.72. The number of nitrogen functional groups attached to an aromatic ring is 1. The first kappa shape index (κ1) is 15.0. The van der Waals surface area contributed by atoms with E-state index < -0.39 is 5.91 Å². The topological polar surface area (TPSA) is 86.5 Å². The van der Waals surface area contributed by atoms with Crippen LogP contribution in [-0.4, -0.2) is 24.1 Å². The Morgan fingerprint density at radius 3 is 2.67 bits per heavy atom.